The molecule has 0 radical (unpaired) electrons. The van der Waals surface area contributed by atoms with E-state index in [-0.39, 0.29) is 24.5 Å². The molecule has 126 valence electrons. The van der Waals surface area contributed by atoms with Gasteiger partial charge in [-0.15, -0.1) is 0 Å². The molecule has 0 spiro atoms. The van der Waals surface area contributed by atoms with Crippen LogP contribution in [-0.4, -0.2) is 31.8 Å². The molecule has 0 heterocycles. The van der Waals surface area contributed by atoms with Crippen LogP contribution in [0.1, 0.15) is 23.2 Å². The molecular weight excluding hydrogens is 368 g/mol. The number of halogens is 1. The molecule has 4 nitrogen and oxygen atoms in total. The lowest BCUT2D eigenvalue weighted by molar-refractivity contribution is -0.121. The van der Waals surface area contributed by atoms with Gasteiger partial charge in [-0.2, -0.15) is 0 Å². The lowest BCUT2D eigenvalue weighted by Gasteiger charge is -2.19. The summed E-state index contributed by atoms with van der Waals surface area (Å²) in [7, 11) is 1.98. The zero-order chi connectivity index (χ0) is 17.4. The Morgan fingerprint density at radius 3 is 2.33 bits per heavy atom. The first-order valence-electron chi connectivity index (χ1n) is 7.88. The quantitative estimate of drug-likeness (QED) is 0.701. The van der Waals surface area contributed by atoms with E-state index >= 15 is 0 Å². The molecular formula is C19H21BrN2O2. The molecule has 24 heavy (non-hydrogen) atoms. The number of ketones is 1. The van der Waals surface area contributed by atoms with Crippen molar-refractivity contribution >= 4 is 33.3 Å². The van der Waals surface area contributed by atoms with E-state index in [1.165, 1.54) is 0 Å². The molecule has 0 saturated carbocycles. The number of hydrogen-bond acceptors (Lipinski definition) is 3. The zero-order valence-electron chi connectivity index (χ0n) is 13.7. The Bertz CT molecular complexity index is 672. The Balaban J connectivity index is 1.68. The molecule has 1 N–H and O–H groups in total. The summed E-state index contributed by atoms with van der Waals surface area (Å²) in [5, 5.41) is 2.86. The van der Waals surface area contributed by atoms with E-state index in [1.54, 1.807) is 12.1 Å². The van der Waals surface area contributed by atoms with Crippen molar-refractivity contribution in [3.63, 3.8) is 0 Å². The number of nitrogens with one attached hydrogen (secondary N) is 1. The molecule has 1 amide bonds. The number of benzene rings is 2. The van der Waals surface area contributed by atoms with Crippen LogP contribution in [-0.2, 0) is 4.79 Å². The number of likely N-dealkylation sites (N-methyl/N-ethyl adjacent to an activating group) is 1. The van der Waals surface area contributed by atoms with Gasteiger partial charge in [0.15, 0.2) is 5.78 Å². The number of para-hydroxylation sites is 1. The molecule has 2 aromatic carbocycles. The number of carbonyl (C=O) groups is 2. The lowest BCUT2D eigenvalue weighted by Crippen LogP contribution is -2.33. The van der Waals surface area contributed by atoms with Crippen LogP contribution < -0.4 is 10.2 Å². The highest BCUT2D eigenvalue weighted by atomic mass is 79.9. The van der Waals surface area contributed by atoms with Crippen molar-refractivity contribution < 1.29 is 9.59 Å². The van der Waals surface area contributed by atoms with E-state index in [1.807, 2.05) is 49.5 Å². The smallest absolute Gasteiger partial charge is 0.220 e. The van der Waals surface area contributed by atoms with E-state index in [2.05, 4.69) is 26.1 Å². The third kappa shape index (κ3) is 5.81. The van der Waals surface area contributed by atoms with Crippen LogP contribution in [0, 0.1) is 0 Å². The third-order valence-electron chi connectivity index (χ3n) is 3.71. The van der Waals surface area contributed by atoms with Gasteiger partial charge in [0.2, 0.25) is 5.91 Å². The Morgan fingerprint density at radius 1 is 1.00 bits per heavy atom. The summed E-state index contributed by atoms with van der Waals surface area (Å²) in [5.74, 6) is -0.110. The Labute approximate surface area is 151 Å². The summed E-state index contributed by atoms with van der Waals surface area (Å²) < 4.78 is 0.930. The number of carbonyl (C=O) groups excluding carboxylic acids is 2. The first-order valence-corrected chi connectivity index (χ1v) is 8.67. The van der Waals surface area contributed by atoms with Gasteiger partial charge >= 0.3 is 0 Å². The van der Waals surface area contributed by atoms with Crippen LogP contribution in [0.3, 0.4) is 0 Å². The minimum Gasteiger partial charge on any atom is -0.373 e. The van der Waals surface area contributed by atoms with Gasteiger partial charge in [-0.3, -0.25) is 9.59 Å². The minimum absolute atomic E-state index is 0.0148. The molecule has 2 aromatic rings. The zero-order valence-corrected chi connectivity index (χ0v) is 15.3. The first-order chi connectivity index (χ1) is 11.6. The summed E-state index contributed by atoms with van der Waals surface area (Å²) in [6.07, 6.45) is 0.436. The fourth-order valence-electron chi connectivity index (χ4n) is 2.27. The molecule has 0 aliphatic rings. The van der Waals surface area contributed by atoms with Crippen molar-refractivity contribution in [2.24, 2.45) is 0 Å². The van der Waals surface area contributed by atoms with Crippen molar-refractivity contribution in [2.45, 2.75) is 12.8 Å². The van der Waals surface area contributed by atoms with Gasteiger partial charge in [0.25, 0.3) is 0 Å². The molecule has 0 unspecified atom stereocenters. The minimum atomic E-state index is -0.0954. The number of amides is 1. The SMILES string of the molecule is CN(CCNC(=O)CCC(=O)c1ccc(Br)cc1)c1ccccc1. The summed E-state index contributed by atoms with van der Waals surface area (Å²) in [5.41, 5.74) is 1.74. The number of hydrogen-bond donors (Lipinski definition) is 1. The average molecular weight is 389 g/mol. The monoisotopic (exact) mass is 388 g/mol. The van der Waals surface area contributed by atoms with E-state index in [4.69, 9.17) is 0 Å². The van der Waals surface area contributed by atoms with Crippen LogP contribution in [0.15, 0.2) is 59.1 Å². The molecule has 5 heteroatoms. The van der Waals surface area contributed by atoms with Crippen LogP contribution in [0.5, 0.6) is 0 Å². The predicted octanol–water partition coefficient (Wildman–Crippen LogP) is 3.66. The second kappa shape index (κ2) is 9.23. The topological polar surface area (TPSA) is 49.4 Å². The largest absolute Gasteiger partial charge is 0.373 e. The van der Waals surface area contributed by atoms with Crippen molar-refractivity contribution in [3.8, 4) is 0 Å². The van der Waals surface area contributed by atoms with Gasteiger partial charge in [0.05, 0.1) is 0 Å². The second-order valence-electron chi connectivity index (χ2n) is 5.54. The van der Waals surface area contributed by atoms with E-state index in [0.29, 0.717) is 12.1 Å². The van der Waals surface area contributed by atoms with Crippen LogP contribution in [0.4, 0.5) is 5.69 Å². The Morgan fingerprint density at radius 2 is 1.67 bits per heavy atom. The van der Waals surface area contributed by atoms with Crippen LogP contribution >= 0.6 is 15.9 Å². The molecule has 2 rings (SSSR count). The van der Waals surface area contributed by atoms with Crippen molar-refractivity contribution in [3.05, 3.63) is 64.6 Å². The molecule has 0 saturated heterocycles. The molecule has 0 bridgehead atoms. The summed E-state index contributed by atoms with van der Waals surface area (Å²) >= 11 is 3.33. The fourth-order valence-corrected chi connectivity index (χ4v) is 2.53. The predicted molar refractivity (Wildman–Crippen MR) is 100 cm³/mol. The molecule has 0 fully saturated rings. The highest BCUT2D eigenvalue weighted by Crippen LogP contribution is 2.13. The van der Waals surface area contributed by atoms with Crippen LogP contribution in [0.2, 0.25) is 0 Å². The number of Topliss-reactive ketones (excluding diaryl/α,β-unsaturated/α-hetero) is 1. The van der Waals surface area contributed by atoms with E-state index < -0.39 is 0 Å². The molecule has 0 aliphatic carbocycles. The maximum Gasteiger partial charge on any atom is 0.220 e. The van der Waals surface area contributed by atoms with E-state index in [0.717, 1.165) is 16.7 Å². The number of rotatable bonds is 8. The number of nitrogens with zero attached hydrogens (tertiary/aromatic N) is 1. The second-order valence-corrected chi connectivity index (χ2v) is 6.45. The maximum absolute atomic E-state index is 12.0. The number of anilines is 1. The standard InChI is InChI=1S/C19H21BrN2O2/c1-22(17-5-3-2-4-6-17)14-13-21-19(24)12-11-18(23)15-7-9-16(20)10-8-15/h2-10H,11-14H2,1H3,(H,21,24). The lowest BCUT2D eigenvalue weighted by atomic mass is 10.1. The normalized spacial score (nSPS) is 10.2. The third-order valence-corrected chi connectivity index (χ3v) is 4.24. The van der Waals surface area contributed by atoms with Gasteiger partial charge in [0, 0.05) is 48.7 Å². The first kappa shape index (κ1) is 18.2. The van der Waals surface area contributed by atoms with Gasteiger partial charge in [-0.05, 0) is 24.3 Å². The Kier molecular flexibility index (Phi) is 7.00. The average Bonchev–Trinajstić information content (AvgIpc) is 2.61. The van der Waals surface area contributed by atoms with Crippen LogP contribution in [0.25, 0.3) is 0 Å². The summed E-state index contributed by atoms with van der Waals surface area (Å²) in [6.45, 7) is 1.27. The van der Waals surface area contributed by atoms with Gasteiger partial charge < -0.3 is 10.2 Å². The summed E-state index contributed by atoms with van der Waals surface area (Å²) in [6, 6.07) is 17.2. The summed E-state index contributed by atoms with van der Waals surface area (Å²) in [4.78, 5) is 26.0. The maximum atomic E-state index is 12.0. The van der Waals surface area contributed by atoms with Gasteiger partial charge in [-0.25, -0.2) is 0 Å². The van der Waals surface area contributed by atoms with Gasteiger partial charge in [-0.1, -0.05) is 46.3 Å². The van der Waals surface area contributed by atoms with E-state index in [9.17, 15) is 9.59 Å². The molecule has 0 atom stereocenters. The van der Waals surface area contributed by atoms with Crippen molar-refractivity contribution in [2.75, 3.05) is 25.0 Å². The van der Waals surface area contributed by atoms with Crippen molar-refractivity contribution in [1.29, 1.82) is 0 Å². The molecule has 0 aromatic heterocycles. The van der Waals surface area contributed by atoms with Crippen molar-refractivity contribution in [1.82, 2.24) is 5.32 Å². The Hall–Kier alpha value is -2.14. The van der Waals surface area contributed by atoms with Gasteiger partial charge in [0.1, 0.15) is 0 Å². The fraction of sp³-hybridized carbons (Fsp3) is 0.263. The highest BCUT2D eigenvalue weighted by molar-refractivity contribution is 9.10. The molecule has 0 aliphatic heterocycles. The highest BCUT2D eigenvalue weighted by Gasteiger charge is 2.09.